The van der Waals surface area contributed by atoms with Crippen LogP contribution in [0.3, 0.4) is 0 Å². The molecule has 2 atom stereocenters. The Morgan fingerprint density at radius 3 is 2.57 bits per heavy atom. The minimum absolute atomic E-state index is 0.207. The van der Waals surface area contributed by atoms with Crippen LogP contribution < -0.4 is 15.0 Å². The zero-order valence-corrected chi connectivity index (χ0v) is 14.4. The first-order valence-corrected chi connectivity index (χ1v) is 8.35. The first-order chi connectivity index (χ1) is 11.0. The number of hydrogen-bond acceptors (Lipinski definition) is 2. The van der Waals surface area contributed by atoms with Crippen LogP contribution in [0.5, 0.6) is 5.75 Å². The van der Waals surface area contributed by atoms with E-state index < -0.39 is 5.72 Å². The number of nitrogens with one attached hydrogen (secondary N) is 1. The molecule has 0 amide bonds. The first-order valence-electron chi connectivity index (χ1n) is 7.94. The van der Waals surface area contributed by atoms with Crippen LogP contribution in [0.15, 0.2) is 42.5 Å². The summed E-state index contributed by atoms with van der Waals surface area (Å²) in [5.41, 5.74) is 4.27. The highest BCUT2D eigenvalue weighted by atomic mass is 32.1. The minimum Gasteiger partial charge on any atom is -0.467 e. The van der Waals surface area contributed by atoms with Gasteiger partial charge in [-0.3, -0.25) is 4.90 Å². The molecule has 1 N–H and O–H groups in total. The van der Waals surface area contributed by atoms with Crippen molar-refractivity contribution in [3.05, 3.63) is 59.2 Å². The summed E-state index contributed by atoms with van der Waals surface area (Å²) in [7, 11) is 0. The van der Waals surface area contributed by atoms with E-state index in [1.54, 1.807) is 0 Å². The second kappa shape index (κ2) is 4.96. The third-order valence-corrected chi connectivity index (χ3v) is 5.14. The number of hydrogen-bond donors (Lipinski definition) is 1. The van der Waals surface area contributed by atoms with Crippen molar-refractivity contribution < 1.29 is 4.74 Å². The monoisotopic (exact) mass is 324 g/mol. The van der Waals surface area contributed by atoms with Gasteiger partial charge in [0.2, 0.25) is 0 Å². The van der Waals surface area contributed by atoms with Gasteiger partial charge in [0.05, 0.1) is 11.7 Å². The average Bonchev–Trinajstić information content (AvgIpc) is 2.49. The predicted molar refractivity (Wildman–Crippen MR) is 97.0 cm³/mol. The molecule has 23 heavy (non-hydrogen) atoms. The van der Waals surface area contributed by atoms with E-state index in [-0.39, 0.29) is 6.04 Å². The molecule has 0 aromatic heterocycles. The molecule has 0 spiro atoms. The molecule has 4 heteroatoms. The molecule has 2 aromatic carbocycles. The van der Waals surface area contributed by atoms with Crippen molar-refractivity contribution in [1.82, 2.24) is 5.32 Å². The molecule has 2 bridgehead atoms. The van der Waals surface area contributed by atoms with Crippen LogP contribution in [-0.4, -0.2) is 10.8 Å². The Morgan fingerprint density at radius 2 is 1.83 bits per heavy atom. The third-order valence-electron chi connectivity index (χ3n) is 4.84. The fraction of sp³-hybridized carbons (Fsp3) is 0.316. The maximum absolute atomic E-state index is 6.44. The smallest absolute Gasteiger partial charge is 0.188 e. The van der Waals surface area contributed by atoms with Crippen LogP contribution in [0, 0.1) is 13.8 Å². The van der Waals surface area contributed by atoms with Crippen LogP contribution in [0.2, 0.25) is 0 Å². The number of nitrogens with zero attached hydrogens (tertiary/aromatic N) is 1. The second-order valence-corrected chi connectivity index (χ2v) is 6.98. The highest BCUT2D eigenvalue weighted by Crippen LogP contribution is 2.46. The lowest BCUT2D eigenvalue weighted by atomic mass is 9.89. The number of para-hydroxylation sites is 2. The summed E-state index contributed by atoms with van der Waals surface area (Å²) in [6, 6.07) is 14.8. The highest BCUT2D eigenvalue weighted by Gasteiger charge is 2.48. The topological polar surface area (TPSA) is 24.5 Å². The molecule has 1 saturated heterocycles. The number of rotatable bonds is 1. The number of thiocarbonyl (C=S) groups is 1. The molecular formula is C19H20N2OS. The number of ether oxygens (including phenoxy) is 1. The van der Waals surface area contributed by atoms with Gasteiger partial charge in [-0.2, -0.15) is 0 Å². The van der Waals surface area contributed by atoms with E-state index in [4.69, 9.17) is 17.0 Å². The van der Waals surface area contributed by atoms with Gasteiger partial charge in [-0.15, -0.1) is 0 Å². The molecular weight excluding hydrogens is 304 g/mol. The van der Waals surface area contributed by atoms with Gasteiger partial charge in [-0.05, 0) is 50.2 Å². The second-order valence-electron chi connectivity index (χ2n) is 6.60. The lowest BCUT2D eigenvalue weighted by Gasteiger charge is -2.52. The van der Waals surface area contributed by atoms with Crippen molar-refractivity contribution in [2.24, 2.45) is 0 Å². The van der Waals surface area contributed by atoms with Crippen molar-refractivity contribution in [1.29, 1.82) is 0 Å². The van der Waals surface area contributed by atoms with Crippen molar-refractivity contribution in [2.75, 3.05) is 4.90 Å². The number of fused-ring (bicyclic) bond motifs is 4. The molecule has 0 radical (unpaired) electrons. The molecule has 0 aliphatic carbocycles. The Morgan fingerprint density at radius 1 is 1.13 bits per heavy atom. The molecule has 2 aliphatic heterocycles. The zero-order chi connectivity index (χ0) is 16.2. The van der Waals surface area contributed by atoms with E-state index in [0.717, 1.165) is 23.0 Å². The normalized spacial score (nSPS) is 25.4. The van der Waals surface area contributed by atoms with Crippen molar-refractivity contribution in [3.8, 4) is 5.75 Å². The van der Waals surface area contributed by atoms with Gasteiger partial charge in [0.25, 0.3) is 0 Å². The summed E-state index contributed by atoms with van der Waals surface area (Å²) in [5, 5.41) is 4.24. The Bertz CT molecular complexity index is 783. The van der Waals surface area contributed by atoms with E-state index in [2.05, 4.69) is 55.3 Å². The Balaban J connectivity index is 1.86. The minimum atomic E-state index is -0.474. The van der Waals surface area contributed by atoms with Gasteiger partial charge >= 0.3 is 0 Å². The molecule has 0 saturated carbocycles. The van der Waals surface area contributed by atoms with Crippen molar-refractivity contribution >= 4 is 23.0 Å². The summed E-state index contributed by atoms with van der Waals surface area (Å²) < 4.78 is 6.44. The van der Waals surface area contributed by atoms with Crippen molar-refractivity contribution in [3.63, 3.8) is 0 Å². The summed E-state index contributed by atoms with van der Waals surface area (Å²) in [4.78, 5) is 2.15. The van der Waals surface area contributed by atoms with Crippen LogP contribution in [0.25, 0.3) is 0 Å². The zero-order valence-electron chi connectivity index (χ0n) is 13.6. The molecule has 0 unspecified atom stereocenters. The molecule has 4 rings (SSSR count). The van der Waals surface area contributed by atoms with E-state index in [9.17, 15) is 0 Å². The van der Waals surface area contributed by atoms with Gasteiger partial charge in [0, 0.05) is 12.0 Å². The van der Waals surface area contributed by atoms with Crippen LogP contribution in [-0.2, 0) is 0 Å². The van der Waals surface area contributed by atoms with Crippen LogP contribution >= 0.6 is 12.2 Å². The summed E-state index contributed by atoms with van der Waals surface area (Å²) in [6.07, 6.45) is 0.859. The Hall–Kier alpha value is -2.07. The Labute approximate surface area is 142 Å². The Kier molecular flexibility index (Phi) is 3.13. The fourth-order valence-corrected chi connectivity index (χ4v) is 4.25. The fourth-order valence-electron chi connectivity index (χ4n) is 3.82. The maximum atomic E-state index is 6.44. The predicted octanol–water partition coefficient (Wildman–Crippen LogP) is 4.24. The molecule has 1 fully saturated rings. The lowest BCUT2D eigenvalue weighted by Crippen LogP contribution is -2.65. The summed E-state index contributed by atoms with van der Waals surface area (Å²) in [5.74, 6) is 0.942. The molecule has 2 heterocycles. The summed E-state index contributed by atoms with van der Waals surface area (Å²) in [6.45, 7) is 6.38. The van der Waals surface area contributed by atoms with Gasteiger partial charge in [-0.25, -0.2) is 0 Å². The van der Waals surface area contributed by atoms with Gasteiger partial charge in [0.1, 0.15) is 5.75 Å². The quantitative estimate of drug-likeness (QED) is 0.793. The van der Waals surface area contributed by atoms with Crippen molar-refractivity contribution in [2.45, 2.75) is 39.0 Å². The number of aryl methyl sites for hydroxylation is 2. The molecule has 2 aromatic rings. The van der Waals surface area contributed by atoms with E-state index in [1.165, 1.54) is 16.7 Å². The molecule has 2 aliphatic rings. The lowest BCUT2D eigenvalue weighted by molar-refractivity contribution is 0.0496. The third kappa shape index (κ3) is 2.12. The van der Waals surface area contributed by atoms with Gasteiger partial charge in [-0.1, -0.05) is 36.4 Å². The number of anilines is 1. The van der Waals surface area contributed by atoms with E-state index in [1.807, 2.05) is 18.2 Å². The van der Waals surface area contributed by atoms with Crippen LogP contribution in [0.4, 0.5) is 5.69 Å². The summed E-state index contributed by atoms with van der Waals surface area (Å²) >= 11 is 5.72. The highest BCUT2D eigenvalue weighted by molar-refractivity contribution is 7.80. The maximum Gasteiger partial charge on any atom is 0.188 e. The largest absolute Gasteiger partial charge is 0.467 e. The first kappa shape index (κ1) is 14.5. The number of benzene rings is 2. The van der Waals surface area contributed by atoms with Gasteiger partial charge < -0.3 is 10.1 Å². The van der Waals surface area contributed by atoms with E-state index in [0.29, 0.717) is 0 Å². The average molecular weight is 324 g/mol. The molecule has 118 valence electrons. The SMILES string of the molecule is Cc1cccc(C)c1N1C(=S)N[C@H]2C[C@@]1(C)Oc1ccccc12. The van der Waals surface area contributed by atoms with E-state index >= 15 is 0 Å². The van der Waals surface area contributed by atoms with Crippen LogP contribution in [0.1, 0.15) is 36.1 Å². The molecule has 3 nitrogen and oxygen atoms in total. The van der Waals surface area contributed by atoms with Gasteiger partial charge in [0.15, 0.2) is 10.8 Å². The standard InChI is InChI=1S/C19H20N2OS/c1-12-7-6-8-13(2)17(12)21-18(23)20-15-11-19(21,3)22-16-10-5-4-9-14(15)16/h4-10,15H,11H2,1-3H3,(H,20,23)/t15-,19+/m0/s1.